The second kappa shape index (κ2) is 8.13. The molecule has 1 saturated carbocycles. The lowest BCUT2D eigenvalue weighted by Crippen LogP contribution is -2.40. The highest BCUT2D eigenvalue weighted by Gasteiger charge is 2.50. The average Bonchev–Trinajstić information content (AvgIpc) is 3.34. The van der Waals surface area contributed by atoms with Gasteiger partial charge in [-0.25, -0.2) is 19.6 Å². The first kappa shape index (κ1) is 22.7. The number of nitrogens with zero attached hydrogens (tertiary/aromatic N) is 2. The van der Waals surface area contributed by atoms with Gasteiger partial charge in [0.25, 0.3) is 0 Å². The molecule has 0 aliphatic heterocycles. The van der Waals surface area contributed by atoms with E-state index in [0.29, 0.717) is 46.4 Å². The van der Waals surface area contributed by atoms with E-state index in [9.17, 15) is 14.0 Å². The number of rotatable bonds is 5. The van der Waals surface area contributed by atoms with E-state index in [2.05, 4.69) is 20.3 Å². The van der Waals surface area contributed by atoms with Crippen LogP contribution in [0.4, 0.5) is 9.18 Å². The van der Waals surface area contributed by atoms with Crippen molar-refractivity contribution in [2.24, 2.45) is 0 Å². The van der Waals surface area contributed by atoms with Crippen LogP contribution in [0.25, 0.3) is 22.3 Å². The van der Waals surface area contributed by atoms with Gasteiger partial charge >= 0.3 is 12.1 Å². The minimum absolute atomic E-state index is 0.204. The summed E-state index contributed by atoms with van der Waals surface area (Å²) in [5.74, 6) is -1.17. The van der Waals surface area contributed by atoms with E-state index < -0.39 is 29.2 Å². The number of alkyl carbamates (subject to hydrolysis) is 1. The molecular formula is C24H27FN4O4. The van der Waals surface area contributed by atoms with Crippen molar-refractivity contribution < 1.29 is 23.5 Å². The Morgan fingerprint density at radius 1 is 1.24 bits per heavy atom. The molecule has 1 amide bonds. The number of hydrogen-bond acceptors (Lipinski definition) is 6. The second-order valence-electron chi connectivity index (χ2n) is 9.17. The molecule has 9 heteroatoms. The van der Waals surface area contributed by atoms with Gasteiger partial charge in [0.1, 0.15) is 11.1 Å². The molecule has 3 aromatic rings. The van der Waals surface area contributed by atoms with E-state index in [4.69, 9.17) is 9.47 Å². The van der Waals surface area contributed by atoms with Crippen LogP contribution in [0.5, 0.6) is 0 Å². The lowest BCUT2D eigenvalue weighted by Gasteiger charge is -2.23. The van der Waals surface area contributed by atoms with E-state index in [1.807, 2.05) is 0 Å². The number of H-pyrrole nitrogens is 1. The summed E-state index contributed by atoms with van der Waals surface area (Å²) in [4.78, 5) is 36.9. The van der Waals surface area contributed by atoms with Crippen molar-refractivity contribution in [3.05, 3.63) is 47.2 Å². The number of amides is 1. The molecule has 4 rings (SSSR count). The molecule has 0 bridgehead atoms. The van der Waals surface area contributed by atoms with Gasteiger partial charge in [-0.3, -0.25) is 0 Å². The Balaban J connectivity index is 1.80. The molecule has 0 saturated heterocycles. The van der Waals surface area contributed by atoms with E-state index >= 15 is 0 Å². The highest BCUT2D eigenvalue weighted by Crippen LogP contribution is 2.48. The lowest BCUT2D eigenvalue weighted by atomic mass is 10.1. The molecule has 8 nitrogen and oxygen atoms in total. The summed E-state index contributed by atoms with van der Waals surface area (Å²) in [5.41, 5.74) is 1.64. The molecule has 0 atom stereocenters. The zero-order valence-electron chi connectivity index (χ0n) is 19.3. The van der Waals surface area contributed by atoms with Gasteiger partial charge in [0.2, 0.25) is 5.95 Å². The summed E-state index contributed by atoms with van der Waals surface area (Å²) in [6.45, 7) is 8.83. The maximum absolute atomic E-state index is 14.2. The van der Waals surface area contributed by atoms with Crippen LogP contribution >= 0.6 is 0 Å². The van der Waals surface area contributed by atoms with Gasteiger partial charge < -0.3 is 19.8 Å². The van der Waals surface area contributed by atoms with Crippen molar-refractivity contribution in [3.8, 4) is 11.3 Å². The summed E-state index contributed by atoms with van der Waals surface area (Å²) in [6.07, 6.45) is 0.684. The molecule has 174 valence electrons. The maximum Gasteiger partial charge on any atom is 0.408 e. The third-order valence-electron chi connectivity index (χ3n) is 5.38. The standard InChI is InChI=1S/C24H27FN4O4/c1-6-32-21(30)15-12-17(14-8-7-9-16-18(14)28-20(25)13(2)26-16)27-19(15)24(10-11-24)29-22(31)33-23(3,4)5/h7-9,12,27H,6,10-11H2,1-5H3,(H,29,31). The third-order valence-corrected chi connectivity index (χ3v) is 5.38. The fourth-order valence-electron chi connectivity index (χ4n) is 3.77. The number of nitrogens with one attached hydrogen (secondary N) is 2. The Kier molecular flexibility index (Phi) is 5.59. The van der Waals surface area contributed by atoms with Gasteiger partial charge in [0.15, 0.2) is 0 Å². The van der Waals surface area contributed by atoms with Crippen molar-refractivity contribution in [3.63, 3.8) is 0 Å². The largest absolute Gasteiger partial charge is 0.462 e. The monoisotopic (exact) mass is 454 g/mol. The summed E-state index contributed by atoms with van der Waals surface area (Å²) in [7, 11) is 0. The molecule has 1 aliphatic carbocycles. The maximum atomic E-state index is 14.2. The molecule has 0 spiro atoms. The molecular weight excluding hydrogens is 427 g/mol. The number of hydrogen-bond donors (Lipinski definition) is 2. The van der Waals surface area contributed by atoms with E-state index in [1.54, 1.807) is 58.9 Å². The number of aromatic nitrogens is 3. The zero-order valence-corrected chi connectivity index (χ0v) is 19.3. The van der Waals surface area contributed by atoms with Crippen molar-refractivity contribution in [1.82, 2.24) is 20.3 Å². The van der Waals surface area contributed by atoms with Gasteiger partial charge in [0.05, 0.1) is 34.6 Å². The molecule has 1 aromatic carbocycles. The van der Waals surface area contributed by atoms with Crippen LogP contribution in [-0.2, 0) is 15.0 Å². The summed E-state index contributed by atoms with van der Waals surface area (Å²) < 4.78 is 24.9. The average molecular weight is 455 g/mol. The van der Waals surface area contributed by atoms with Crippen LogP contribution in [-0.4, -0.2) is 39.2 Å². The molecule has 0 unspecified atom stereocenters. The number of halogens is 1. The predicted octanol–water partition coefficient (Wildman–Crippen LogP) is 4.76. The van der Waals surface area contributed by atoms with Gasteiger partial charge in [-0.1, -0.05) is 12.1 Å². The lowest BCUT2D eigenvalue weighted by molar-refractivity contribution is 0.0478. The number of para-hydroxylation sites is 1. The van der Waals surface area contributed by atoms with Gasteiger partial charge in [-0.15, -0.1) is 0 Å². The summed E-state index contributed by atoms with van der Waals surface area (Å²) in [5, 5.41) is 2.91. The number of carbonyl (C=O) groups excluding carboxylic acids is 2. The smallest absolute Gasteiger partial charge is 0.408 e. The SMILES string of the molecule is CCOC(=O)c1cc(-c2cccc3nc(C)c(F)nc23)[nH]c1C1(NC(=O)OC(C)(C)C)CC1. The first-order chi connectivity index (χ1) is 15.5. The Bertz CT molecular complexity index is 1240. The first-order valence-electron chi connectivity index (χ1n) is 10.9. The van der Waals surface area contributed by atoms with E-state index in [1.165, 1.54) is 0 Å². The van der Waals surface area contributed by atoms with Crippen LogP contribution in [0.1, 0.15) is 62.3 Å². The summed E-state index contributed by atoms with van der Waals surface area (Å²) in [6, 6.07) is 6.97. The Morgan fingerprint density at radius 2 is 1.97 bits per heavy atom. The van der Waals surface area contributed by atoms with Crippen LogP contribution in [0.15, 0.2) is 24.3 Å². The Morgan fingerprint density at radius 3 is 2.61 bits per heavy atom. The molecule has 2 N–H and O–H groups in total. The fourth-order valence-corrected chi connectivity index (χ4v) is 3.77. The second-order valence-corrected chi connectivity index (χ2v) is 9.17. The molecule has 33 heavy (non-hydrogen) atoms. The van der Waals surface area contributed by atoms with Gasteiger partial charge in [0, 0.05) is 11.3 Å². The number of aryl methyl sites for hydroxylation is 1. The Labute approximate surface area is 190 Å². The minimum Gasteiger partial charge on any atom is -0.462 e. The zero-order chi connectivity index (χ0) is 24.0. The van der Waals surface area contributed by atoms with Gasteiger partial charge in [-0.05, 0) is 59.6 Å². The number of fused-ring (bicyclic) bond motifs is 1. The van der Waals surface area contributed by atoms with Crippen LogP contribution in [0.3, 0.4) is 0 Å². The van der Waals surface area contributed by atoms with Crippen LogP contribution in [0.2, 0.25) is 0 Å². The normalized spacial score (nSPS) is 14.7. The molecule has 2 heterocycles. The topological polar surface area (TPSA) is 106 Å². The quantitative estimate of drug-likeness (QED) is 0.538. The molecule has 0 radical (unpaired) electrons. The molecule has 1 aliphatic rings. The summed E-state index contributed by atoms with van der Waals surface area (Å²) >= 11 is 0. The van der Waals surface area contributed by atoms with Crippen molar-refractivity contribution >= 4 is 23.1 Å². The van der Waals surface area contributed by atoms with E-state index in [0.717, 1.165) is 0 Å². The minimum atomic E-state index is -0.777. The number of aromatic amines is 1. The highest BCUT2D eigenvalue weighted by atomic mass is 19.1. The van der Waals surface area contributed by atoms with Crippen molar-refractivity contribution in [2.75, 3.05) is 6.61 Å². The van der Waals surface area contributed by atoms with E-state index in [-0.39, 0.29) is 12.3 Å². The molecule has 2 aromatic heterocycles. The number of esters is 1. The third kappa shape index (κ3) is 4.53. The fraction of sp³-hybridized carbons (Fsp3) is 0.417. The van der Waals surface area contributed by atoms with Crippen molar-refractivity contribution in [2.45, 2.75) is 58.6 Å². The van der Waals surface area contributed by atoms with Crippen LogP contribution < -0.4 is 5.32 Å². The Hall–Kier alpha value is -3.49. The number of benzene rings is 1. The highest BCUT2D eigenvalue weighted by molar-refractivity contribution is 5.96. The van der Waals surface area contributed by atoms with Crippen LogP contribution in [0, 0.1) is 12.9 Å². The predicted molar refractivity (Wildman–Crippen MR) is 120 cm³/mol. The van der Waals surface area contributed by atoms with Gasteiger partial charge in [-0.2, -0.15) is 4.39 Å². The number of ether oxygens (including phenoxy) is 2. The number of carbonyl (C=O) groups is 2. The molecule has 1 fully saturated rings. The van der Waals surface area contributed by atoms with Crippen molar-refractivity contribution in [1.29, 1.82) is 0 Å². The first-order valence-corrected chi connectivity index (χ1v) is 10.9.